The third-order valence-corrected chi connectivity index (χ3v) is 5.49. The van der Waals surface area contributed by atoms with E-state index in [2.05, 4.69) is 6.92 Å². The molecular formula is C4H9ClSSn. The van der Waals surface area contributed by atoms with Crippen molar-refractivity contribution < 1.29 is 0 Å². The van der Waals surface area contributed by atoms with Gasteiger partial charge in [0.25, 0.3) is 0 Å². The average Bonchev–Trinajstić information content (AvgIpc) is 1.61. The molecule has 0 bridgehead atoms. The third-order valence-electron chi connectivity index (χ3n) is 0.727. The van der Waals surface area contributed by atoms with Crippen LogP contribution >= 0.6 is 18.2 Å². The van der Waals surface area contributed by atoms with Gasteiger partial charge in [-0.05, 0) is 0 Å². The van der Waals surface area contributed by atoms with Gasteiger partial charge in [-0.1, -0.05) is 0 Å². The SMILES string of the molecule is CCC[CH2][Sn](=[S])[Cl]. The van der Waals surface area contributed by atoms with Crippen LogP contribution in [0.3, 0.4) is 0 Å². The molecule has 0 N–H and O–H groups in total. The van der Waals surface area contributed by atoms with E-state index in [-0.39, 0.29) is 0 Å². The van der Waals surface area contributed by atoms with E-state index in [1.807, 2.05) is 0 Å². The van der Waals surface area contributed by atoms with Crippen LogP contribution in [0.1, 0.15) is 19.8 Å². The molecule has 42 valence electrons. The molecule has 0 spiro atoms. The van der Waals surface area contributed by atoms with Gasteiger partial charge in [0.05, 0.1) is 0 Å². The molecule has 0 aliphatic carbocycles. The van der Waals surface area contributed by atoms with Gasteiger partial charge < -0.3 is 0 Å². The van der Waals surface area contributed by atoms with Crippen LogP contribution in [-0.2, 0) is 0 Å². The van der Waals surface area contributed by atoms with E-state index in [9.17, 15) is 0 Å². The van der Waals surface area contributed by atoms with Crippen LogP contribution in [0.4, 0.5) is 0 Å². The Kier molecular flexibility index (Phi) is 6.46. The van der Waals surface area contributed by atoms with Crippen LogP contribution in [0.25, 0.3) is 0 Å². The van der Waals surface area contributed by atoms with Crippen LogP contribution in [-0.4, -0.2) is 16.7 Å². The topological polar surface area (TPSA) is 0 Å². The molecule has 0 saturated heterocycles. The summed E-state index contributed by atoms with van der Waals surface area (Å²) >= 11 is -1.59. The number of hydrogen-bond acceptors (Lipinski definition) is 1. The normalized spacial score (nSPS) is 8.86. The molecule has 0 aliphatic heterocycles. The van der Waals surface area contributed by atoms with Crippen molar-refractivity contribution in [1.29, 1.82) is 0 Å². The third kappa shape index (κ3) is 7.31. The Hall–Kier alpha value is 1.31. The molecule has 0 aromatic rings. The summed E-state index contributed by atoms with van der Waals surface area (Å²) in [4.78, 5) is 0. The molecule has 0 atom stereocenters. The second-order valence-electron chi connectivity index (χ2n) is 1.46. The van der Waals surface area contributed by atoms with E-state index < -0.39 is 16.7 Å². The van der Waals surface area contributed by atoms with Crippen molar-refractivity contribution in [1.82, 2.24) is 0 Å². The predicted octanol–water partition coefficient (Wildman–Crippen LogP) is 2.71. The Labute approximate surface area is 58.9 Å². The molecule has 0 amide bonds. The summed E-state index contributed by atoms with van der Waals surface area (Å²) in [5.74, 6) is 0. The molecule has 0 radical (unpaired) electrons. The molecule has 0 unspecified atom stereocenters. The van der Waals surface area contributed by atoms with Gasteiger partial charge in [-0.15, -0.1) is 0 Å². The summed E-state index contributed by atoms with van der Waals surface area (Å²) in [5.41, 5.74) is 0. The summed E-state index contributed by atoms with van der Waals surface area (Å²) in [5, 5.41) is 0. The van der Waals surface area contributed by atoms with Crippen LogP contribution in [0.2, 0.25) is 4.44 Å². The Morgan fingerprint density at radius 1 is 1.71 bits per heavy atom. The minimum absolute atomic E-state index is 1.18. The fourth-order valence-corrected chi connectivity index (χ4v) is 3.98. The number of hydrogen-bond donors (Lipinski definition) is 0. The van der Waals surface area contributed by atoms with Gasteiger partial charge in [0.1, 0.15) is 0 Å². The van der Waals surface area contributed by atoms with Crippen molar-refractivity contribution in [2.45, 2.75) is 24.2 Å². The summed E-state index contributed by atoms with van der Waals surface area (Å²) < 4.78 is 1.18. The Balaban J connectivity index is 2.82. The number of unbranched alkanes of at least 4 members (excludes halogenated alkanes) is 1. The van der Waals surface area contributed by atoms with E-state index in [0.717, 1.165) is 0 Å². The summed E-state index contributed by atoms with van der Waals surface area (Å²) in [6.45, 7) is 2.17. The van der Waals surface area contributed by atoms with Gasteiger partial charge in [0.2, 0.25) is 0 Å². The zero-order valence-corrected chi connectivity index (χ0v) is 8.83. The molecule has 0 rings (SSSR count). The first-order valence-corrected chi connectivity index (χ1v) is 12.0. The maximum atomic E-state index is 5.67. The molecule has 0 nitrogen and oxygen atoms in total. The molecule has 7 heavy (non-hydrogen) atoms. The molecular weight excluding hydrogens is 234 g/mol. The molecule has 0 aromatic carbocycles. The standard InChI is InChI=1S/C4H9.ClH.S.Sn/c1-3-4-2;;;/h1,3-4H2,2H3;1H;;/q;;;+1/p-1. The van der Waals surface area contributed by atoms with Gasteiger partial charge in [0.15, 0.2) is 0 Å². The van der Waals surface area contributed by atoms with E-state index in [0.29, 0.717) is 0 Å². The van der Waals surface area contributed by atoms with E-state index in [1.165, 1.54) is 17.3 Å². The second kappa shape index (κ2) is 5.45. The zero-order chi connectivity index (χ0) is 5.70. The fraction of sp³-hybridized carbons (Fsp3) is 1.00. The van der Waals surface area contributed by atoms with E-state index >= 15 is 0 Å². The van der Waals surface area contributed by atoms with Gasteiger partial charge in [0, 0.05) is 0 Å². The molecule has 0 aromatic heterocycles. The quantitative estimate of drug-likeness (QED) is 0.687. The minimum atomic E-state index is -1.59. The average molecular weight is 243 g/mol. The van der Waals surface area contributed by atoms with E-state index in [1.54, 1.807) is 0 Å². The molecule has 3 heteroatoms. The summed E-state index contributed by atoms with van der Waals surface area (Å²) in [6, 6.07) is 0. The van der Waals surface area contributed by atoms with Crippen molar-refractivity contribution in [3.05, 3.63) is 0 Å². The Bertz CT molecular complexity index is 64.7. The van der Waals surface area contributed by atoms with Crippen LogP contribution in [0.15, 0.2) is 0 Å². The van der Waals surface area contributed by atoms with Crippen LogP contribution in [0, 0.1) is 0 Å². The van der Waals surface area contributed by atoms with Gasteiger partial charge in [-0.3, -0.25) is 0 Å². The first kappa shape index (κ1) is 8.31. The van der Waals surface area contributed by atoms with Crippen molar-refractivity contribution in [2.24, 2.45) is 0 Å². The van der Waals surface area contributed by atoms with Crippen molar-refractivity contribution >= 4 is 34.9 Å². The fourth-order valence-electron chi connectivity index (χ4n) is 0.316. The van der Waals surface area contributed by atoms with E-state index in [4.69, 9.17) is 18.2 Å². The number of rotatable bonds is 3. The van der Waals surface area contributed by atoms with Crippen LogP contribution in [0.5, 0.6) is 0 Å². The molecule has 0 fully saturated rings. The van der Waals surface area contributed by atoms with Gasteiger partial charge >= 0.3 is 59.1 Å². The molecule has 0 saturated carbocycles. The predicted molar refractivity (Wildman–Crippen MR) is 38.9 cm³/mol. The van der Waals surface area contributed by atoms with Crippen LogP contribution < -0.4 is 0 Å². The van der Waals surface area contributed by atoms with Gasteiger partial charge in [-0.2, -0.15) is 0 Å². The monoisotopic (exact) mass is 244 g/mol. The Morgan fingerprint density at radius 2 is 2.29 bits per heavy atom. The second-order valence-corrected chi connectivity index (χ2v) is 12.8. The van der Waals surface area contributed by atoms with Crippen molar-refractivity contribution in [2.75, 3.05) is 0 Å². The van der Waals surface area contributed by atoms with Gasteiger partial charge in [-0.25, -0.2) is 0 Å². The van der Waals surface area contributed by atoms with Crippen molar-refractivity contribution in [3.8, 4) is 0 Å². The number of halogens is 1. The first-order valence-electron chi connectivity index (χ1n) is 2.45. The maximum absolute atomic E-state index is 5.67. The van der Waals surface area contributed by atoms with Crippen molar-refractivity contribution in [3.63, 3.8) is 0 Å². The Morgan fingerprint density at radius 3 is 2.43 bits per heavy atom. The molecule has 0 heterocycles. The molecule has 0 aliphatic rings. The zero-order valence-electron chi connectivity index (χ0n) is 4.41. The first-order chi connectivity index (χ1) is 3.27. The summed E-state index contributed by atoms with van der Waals surface area (Å²) in [7, 11) is 10.6. The summed E-state index contributed by atoms with van der Waals surface area (Å²) in [6.07, 6.45) is 2.50.